The first kappa shape index (κ1) is 19.7. The van der Waals surface area contributed by atoms with Crippen molar-refractivity contribution in [3.8, 4) is 0 Å². The molecule has 2 heterocycles. The number of carbonyl (C=O) groups excluding carboxylic acids is 2. The summed E-state index contributed by atoms with van der Waals surface area (Å²) >= 11 is 0. The van der Waals surface area contributed by atoms with Crippen LogP contribution in [0.2, 0.25) is 0 Å². The fraction of sp³-hybridized carbons (Fsp3) is 0.316. The number of nitrogens with zero attached hydrogens (tertiary/aromatic N) is 2. The summed E-state index contributed by atoms with van der Waals surface area (Å²) in [6.07, 6.45) is -1.70. The van der Waals surface area contributed by atoms with Crippen LogP contribution in [0.3, 0.4) is 0 Å². The van der Waals surface area contributed by atoms with Crippen molar-refractivity contribution in [3.63, 3.8) is 0 Å². The first-order valence-corrected chi connectivity index (χ1v) is 8.71. The fourth-order valence-electron chi connectivity index (χ4n) is 3.03. The van der Waals surface area contributed by atoms with Gasteiger partial charge in [-0.25, -0.2) is 0 Å². The van der Waals surface area contributed by atoms with Crippen LogP contribution in [0, 0.1) is 0 Å². The van der Waals surface area contributed by atoms with Crippen LogP contribution in [0.15, 0.2) is 47.4 Å². The van der Waals surface area contributed by atoms with E-state index in [2.05, 4.69) is 5.32 Å². The number of alkyl halides is 3. The molecule has 2 amide bonds. The Hall–Kier alpha value is -3.10. The van der Waals surface area contributed by atoms with E-state index in [-0.39, 0.29) is 5.91 Å². The molecule has 0 bridgehead atoms. The first-order chi connectivity index (χ1) is 13.3. The van der Waals surface area contributed by atoms with Crippen molar-refractivity contribution in [2.24, 2.45) is 0 Å². The Kier molecular flexibility index (Phi) is 5.53. The summed E-state index contributed by atoms with van der Waals surface area (Å²) in [6, 6.07) is 7.97. The normalized spacial score (nSPS) is 14.2. The Morgan fingerprint density at radius 2 is 1.68 bits per heavy atom. The van der Waals surface area contributed by atoms with E-state index >= 15 is 0 Å². The number of nitrogens with one attached hydrogen (secondary N) is 1. The Labute approximate surface area is 158 Å². The third-order valence-corrected chi connectivity index (χ3v) is 4.45. The number of amides is 2. The largest absolute Gasteiger partial charge is 0.421 e. The standard InChI is InChI=1S/C19H18F3N3O3/c20-19(21,22)15-4-3-11-25(18(15)28)12-16(26)23-14-7-5-13(6-8-14)17(27)24-9-1-2-10-24/h3-8,11H,1-2,9-10,12H2,(H,23,26). The lowest BCUT2D eigenvalue weighted by Gasteiger charge is -2.15. The van der Waals surface area contributed by atoms with Gasteiger partial charge in [0.05, 0.1) is 0 Å². The number of carbonyl (C=O) groups is 2. The maximum Gasteiger partial charge on any atom is 0.421 e. The molecular formula is C19H18F3N3O3. The van der Waals surface area contributed by atoms with Crippen molar-refractivity contribution in [2.45, 2.75) is 25.6 Å². The molecule has 1 N–H and O–H groups in total. The number of hydrogen-bond donors (Lipinski definition) is 1. The summed E-state index contributed by atoms with van der Waals surface area (Å²) in [5.74, 6) is -0.731. The second-order valence-electron chi connectivity index (χ2n) is 6.48. The molecule has 9 heteroatoms. The summed E-state index contributed by atoms with van der Waals surface area (Å²) in [4.78, 5) is 38.0. The zero-order chi connectivity index (χ0) is 20.3. The zero-order valence-electron chi connectivity index (χ0n) is 14.8. The molecule has 28 heavy (non-hydrogen) atoms. The number of benzene rings is 1. The summed E-state index contributed by atoms with van der Waals surface area (Å²) < 4.78 is 39.0. The number of hydrogen-bond acceptors (Lipinski definition) is 3. The molecule has 0 radical (unpaired) electrons. The predicted molar refractivity (Wildman–Crippen MR) is 95.9 cm³/mol. The minimum Gasteiger partial charge on any atom is -0.339 e. The van der Waals surface area contributed by atoms with Crippen molar-refractivity contribution in [1.29, 1.82) is 0 Å². The molecular weight excluding hydrogens is 375 g/mol. The molecule has 1 aliphatic rings. The molecule has 6 nitrogen and oxygen atoms in total. The monoisotopic (exact) mass is 393 g/mol. The quantitative estimate of drug-likeness (QED) is 0.868. The van der Waals surface area contributed by atoms with E-state index in [0.717, 1.165) is 38.2 Å². The van der Waals surface area contributed by atoms with Crippen molar-refractivity contribution in [3.05, 3.63) is 64.1 Å². The van der Waals surface area contributed by atoms with Gasteiger partial charge in [-0.1, -0.05) is 0 Å². The molecule has 0 aliphatic carbocycles. The van der Waals surface area contributed by atoms with Crippen LogP contribution in [0.25, 0.3) is 0 Å². The molecule has 1 aromatic carbocycles. The fourth-order valence-corrected chi connectivity index (χ4v) is 3.03. The van der Waals surface area contributed by atoms with E-state index in [1.165, 1.54) is 12.1 Å². The van der Waals surface area contributed by atoms with E-state index in [1.54, 1.807) is 17.0 Å². The van der Waals surface area contributed by atoms with Gasteiger partial charge in [-0.15, -0.1) is 0 Å². The zero-order valence-corrected chi connectivity index (χ0v) is 14.8. The number of aromatic nitrogens is 1. The highest BCUT2D eigenvalue weighted by Crippen LogP contribution is 2.26. The van der Waals surface area contributed by atoms with Gasteiger partial charge < -0.3 is 14.8 Å². The Morgan fingerprint density at radius 3 is 2.29 bits per heavy atom. The van der Waals surface area contributed by atoms with Crippen molar-refractivity contribution >= 4 is 17.5 Å². The molecule has 2 aromatic rings. The van der Waals surface area contributed by atoms with Crippen LogP contribution in [0.5, 0.6) is 0 Å². The van der Waals surface area contributed by atoms with Crippen LogP contribution >= 0.6 is 0 Å². The number of pyridine rings is 1. The highest BCUT2D eigenvalue weighted by molar-refractivity contribution is 5.96. The highest BCUT2D eigenvalue weighted by Gasteiger charge is 2.34. The van der Waals surface area contributed by atoms with E-state index in [9.17, 15) is 27.6 Å². The van der Waals surface area contributed by atoms with Crippen molar-refractivity contribution in [2.75, 3.05) is 18.4 Å². The molecule has 0 unspecified atom stereocenters. The average molecular weight is 393 g/mol. The number of rotatable bonds is 4. The lowest BCUT2D eigenvalue weighted by molar-refractivity contribution is -0.139. The Bertz CT molecular complexity index is 930. The predicted octanol–water partition coefficient (Wildman–Crippen LogP) is 2.74. The molecule has 0 spiro atoms. The molecule has 1 fully saturated rings. The SMILES string of the molecule is O=C(Cn1cccc(C(F)(F)F)c1=O)Nc1ccc(C(=O)N2CCCC2)cc1. The van der Waals surface area contributed by atoms with Crippen LogP contribution in [-0.2, 0) is 17.5 Å². The minimum absolute atomic E-state index is 0.0779. The van der Waals surface area contributed by atoms with Crippen LogP contribution in [0.1, 0.15) is 28.8 Å². The second kappa shape index (κ2) is 7.87. The lowest BCUT2D eigenvalue weighted by atomic mass is 10.2. The Balaban J connectivity index is 1.65. The molecule has 1 aromatic heterocycles. The number of anilines is 1. The highest BCUT2D eigenvalue weighted by atomic mass is 19.4. The van der Waals surface area contributed by atoms with Gasteiger partial charge in [0.15, 0.2) is 0 Å². The van der Waals surface area contributed by atoms with Gasteiger partial charge in [-0.2, -0.15) is 13.2 Å². The molecule has 0 saturated carbocycles. The van der Waals surface area contributed by atoms with Crippen LogP contribution in [0.4, 0.5) is 18.9 Å². The lowest BCUT2D eigenvalue weighted by Crippen LogP contribution is -2.32. The van der Waals surface area contributed by atoms with Crippen LogP contribution < -0.4 is 10.9 Å². The maximum absolute atomic E-state index is 12.8. The minimum atomic E-state index is -4.78. The molecule has 1 saturated heterocycles. The number of halogens is 3. The van der Waals surface area contributed by atoms with Gasteiger partial charge in [-0.05, 0) is 49.2 Å². The van der Waals surface area contributed by atoms with Gasteiger partial charge in [0.2, 0.25) is 5.91 Å². The first-order valence-electron chi connectivity index (χ1n) is 8.71. The van der Waals surface area contributed by atoms with Crippen molar-refractivity contribution < 1.29 is 22.8 Å². The maximum atomic E-state index is 12.8. The topological polar surface area (TPSA) is 71.4 Å². The second-order valence-corrected chi connectivity index (χ2v) is 6.48. The molecule has 1 aliphatic heterocycles. The smallest absolute Gasteiger partial charge is 0.339 e. The van der Waals surface area contributed by atoms with Gasteiger partial charge in [0, 0.05) is 30.5 Å². The van der Waals surface area contributed by atoms with E-state index in [0.29, 0.717) is 21.9 Å². The van der Waals surface area contributed by atoms with Crippen LogP contribution in [-0.4, -0.2) is 34.4 Å². The summed E-state index contributed by atoms with van der Waals surface area (Å²) in [7, 11) is 0. The van der Waals surface area contributed by atoms with Gasteiger partial charge in [0.25, 0.3) is 11.5 Å². The van der Waals surface area contributed by atoms with Gasteiger partial charge in [0.1, 0.15) is 12.1 Å². The average Bonchev–Trinajstić information content (AvgIpc) is 3.17. The Morgan fingerprint density at radius 1 is 1.04 bits per heavy atom. The molecule has 3 rings (SSSR count). The molecule has 148 valence electrons. The number of likely N-dealkylation sites (tertiary alicyclic amines) is 1. The van der Waals surface area contributed by atoms with E-state index in [1.807, 2.05) is 0 Å². The third-order valence-electron chi connectivity index (χ3n) is 4.45. The third kappa shape index (κ3) is 4.41. The summed E-state index contributed by atoms with van der Waals surface area (Å²) in [6.45, 7) is 0.892. The summed E-state index contributed by atoms with van der Waals surface area (Å²) in [5.41, 5.74) is -1.73. The van der Waals surface area contributed by atoms with Gasteiger partial charge >= 0.3 is 6.18 Å². The van der Waals surface area contributed by atoms with E-state index < -0.39 is 29.8 Å². The van der Waals surface area contributed by atoms with Crippen molar-refractivity contribution in [1.82, 2.24) is 9.47 Å². The summed E-state index contributed by atoms with van der Waals surface area (Å²) in [5, 5.41) is 2.51. The van der Waals surface area contributed by atoms with Gasteiger partial charge in [-0.3, -0.25) is 14.4 Å². The molecule has 0 atom stereocenters. The van der Waals surface area contributed by atoms with E-state index in [4.69, 9.17) is 0 Å².